The number of carbonyl (C=O) groups excluding carboxylic acids is 1. The maximum Gasteiger partial charge on any atom is 0.225 e. The maximum atomic E-state index is 12.4. The van der Waals surface area contributed by atoms with Crippen molar-refractivity contribution in [1.82, 2.24) is 20.0 Å². The zero-order chi connectivity index (χ0) is 26.0. The van der Waals surface area contributed by atoms with Gasteiger partial charge in [0.2, 0.25) is 5.91 Å². The highest BCUT2D eigenvalue weighted by molar-refractivity contribution is 6.00. The number of oxime groups is 1. The number of hydrogen-bond acceptors (Lipinski definition) is 7. The van der Waals surface area contributed by atoms with Crippen LogP contribution in [0.3, 0.4) is 0 Å². The van der Waals surface area contributed by atoms with Crippen LogP contribution in [-0.2, 0) is 11.2 Å². The number of rotatable bonds is 13. The van der Waals surface area contributed by atoms with Crippen LogP contribution in [0.25, 0.3) is 23.7 Å². The van der Waals surface area contributed by atoms with Crippen LogP contribution in [0.2, 0.25) is 0 Å². The van der Waals surface area contributed by atoms with Crippen LogP contribution in [0.5, 0.6) is 0 Å². The molecule has 0 atom stereocenters. The van der Waals surface area contributed by atoms with Gasteiger partial charge in [-0.25, -0.2) is 9.97 Å². The second-order valence-corrected chi connectivity index (χ2v) is 9.30. The van der Waals surface area contributed by atoms with E-state index in [2.05, 4.69) is 42.5 Å². The molecule has 9 nitrogen and oxygen atoms in total. The fourth-order valence-electron chi connectivity index (χ4n) is 4.00. The Morgan fingerprint density at radius 3 is 2.63 bits per heavy atom. The number of nitrogens with one attached hydrogen (secondary N) is 1. The molecular formula is C26H40N6O3. The summed E-state index contributed by atoms with van der Waals surface area (Å²) in [4.78, 5) is 27.6. The van der Waals surface area contributed by atoms with Gasteiger partial charge in [-0.3, -0.25) is 4.79 Å². The number of nitrogens with two attached hydrogens (primary N) is 1. The van der Waals surface area contributed by atoms with Crippen LogP contribution in [0.15, 0.2) is 17.8 Å². The Bertz CT molecular complexity index is 1170. The van der Waals surface area contributed by atoms with E-state index in [-0.39, 0.29) is 5.91 Å². The van der Waals surface area contributed by atoms with Crippen molar-refractivity contribution in [3.63, 3.8) is 0 Å². The summed E-state index contributed by atoms with van der Waals surface area (Å²) >= 11 is 0. The van der Waals surface area contributed by atoms with Crippen LogP contribution in [-0.4, -0.2) is 38.3 Å². The molecule has 0 spiro atoms. The van der Waals surface area contributed by atoms with Crippen molar-refractivity contribution in [2.45, 2.75) is 79.1 Å². The minimum absolute atomic E-state index is 0.179. The third-order valence-corrected chi connectivity index (χ3v) is 5.90. The summed E-state index contributed by atoms with van der Waals surface area (Å²) in [6, 6.07) is 0. The summed E-state index contributed by atoms with van der Waals surface area (Å²) in [5.41, 5.74) is 7.06. The molecule has 0 aliphatic rings. The number of unbranched alkanes of at least 4 members (excludes halogenated alkanes) is 2. The van der Waals surface area contributed by atoms with Gasteiger partial charge in [0.25, 0.3) is 0 Å². The highest BCUT2D eigenvalue weighted by Crippen LogP contribution is 2.23. The molecule has 0 aliphatic carbocycles. The lowest BCUT2D eigenvalue weighted by Crippen LogP contribution is -2.40. The minimum Gasteiger partial charge on any atom is -0.412 e. The van der Waals surface area contributed by atoms with Crippen LogP contribution < -0.4 is 26.5 Å². The number of hydrogen-bond donors (Lipinski definition) is 3. The second kappa shape index (κ2) is 12.9. The van der Waals surface area contributed by atoms with Crippen LogP contribution in [0.1, 0.15) is 78.5 Å². The lowest BCUT2D eigenvalue weighted by Gasteiger charge is -2.25. The molecule has 0 unspecified atom stereocenters. The van der Waals surface area contributed by atoms with Gasteiger partial charge in [-0.1, -0.05) is 71.0 Å². The van der Waals surface area contributed by atoms with Crippen molar-refractivity contribution in [2.75, 3.05) is 12.3 Å². The van der Waals surface area contributed by atoms with E-state index in [0.29, 0.717) is 48.4 Å². The number of aryl methyl sites for hydroxylation is 1. The fraction of sp³-hybridized carbons (Fsp3) is 0.538. The molecule has 0 fully saturated rings. The van der Waals surface area contributed by atoms with Gasteiger partial charge in [0, 0.05) is 23.5 Å². The molecule has 2 aromatic heterocycles. The van der Waals surface area contributed by atoms with Crippen LogP contribution >= 0.6 is 0 Å². The highest BCUT2D eigenvalue weighted by Gasteiger charge is 2.26. The molecule has 0 saturated heterocycles. The lowest BCUT2D eigenvalue weighted by atomic mass is 9.86. The van der Waals surface area contributed by atoms with Crippen molar-refractivity contribution in [3.05, 3.63) is 29.0 Å². The van der Waals surface area contributed by atoms with E-state index in [1.54, 1.807) is 10.8 Å². The van der Waals surface area contributed by atoms with E-state index < -0.39 is 5.41 Å². The Kier molecular flexibility index (Phi) is 10.3. The predicted octanol–water partition coefficient (Wildman–Crippen LogP) is 3.06. The molecular weight excluding hydrogens is 444 g/mol. The van der Waals surface area contributed by atoms with E-state index in [9.17, 15) is 10.0 Å². The average molecular weight is 485 g/mol. The monoisotopic (exact) mass is 484 g/mol. The standard InChI is InChI=1S/C26H40N6O3/c1-7-10-14-20-29-22-23(19(13-8-2)18(4)28-24(22)27)32(20)35-17-12-11-15-21(33)30-25(31-34)26(5,6)16-9-3/h8,13,34H,2,4,7,9-12,14-17H2,1,3,5-6H3,(H2,27,28)(H,30,31,33)/b19-13+. The number of nitrogen functional groups attached to an aromatic ring is 1. The summed E-state index contributed by atoms with van der Waals surface area (Å²) in [7, 11) is 0. The van der Waals surface area contributed by atoms with E-state index in [1.807, 2.05) is 19.9 Å². The van der Waals surface area contributed by atoms with E-state index in [1.165, 1.54) is 0 Å². The summed E-state index contributed by atoms with van der Waals surface area (Å²) in [5.74, 6) is 1.21. The number of anilines is 1. The number of fused-ring (bicyclic) bond motifs is 1. The van der Waals surface area contributed by atoms with Crippen molar-refractivity contribution >= 4 is 41.2 Å². The quantitative estimate of drug-likeness (QED) is 0.132. The van der Waals surface area contributed by atoms with E-state index >= 15 is 0 Å². The number of amidine groups is 1. The van der Waals surface area contributed by atoms with Crippen molar-refractivity contribution in [3.8, 4) is 0 Å². The molecule has 9 heteroatoms. The molecule has 0 aliphatic heterocycles. The number of amides is 1. The second-order valence-electron chi connectivity index (χ2n) is 9.30. The summed E-state index contributed by atoms with van der Waals surface area (Å²) < 4.78 is 1.73. The van der Waals surface area contributed by atoms with Gasteiger partial charge in [0.1, 0.15) is 23.5 Å². The first-order chi connectivity index (χ1) is 16.7. The topological polar surface area (TPSA) is 128 Å². The molecule has 0 aromatic carbocycles. The fourth-order valence-corrected chi connectivity index (χ4v) is 4.00. The third-order valence-electron chi connectivity index (χ3n) is 5.90. The smallest absolute Gasteiger partial charge is 0.225 e. The molecule has 0 bridgehead atoms. The van der Waals surface area contributed by atoms with Crippen LogP contribution in [0.4, 0.5) is 5.82 Å². The highest BCUT2D eigenvalue weighted by atomic mass is 16.7. The molecule has 192 valence electrons. The Morgan fingerprint density at radius 2 is 2.00 bits per heavy atom. The number of carbonyl (C=O) groups is 1. The first-order valence-corrected chi connectivity index (χ1v) is 12.3. The lowest BCUT2D eigenvalue weighted by molar-refractivity contribution is -0.120. The number of pyridine rings is 1. The summed E-state index contributed by atoms with van der Waals surface area (Å²) in [6.45, 7) is 16.3. The van der Waals surface area contributed by atoms with Crippen LogP contribution in [0, 0.1) is 5.41 Å². The molecule has 2 aromatic rings. The number of imidazole rings is 1. The van der Waals surface area contributed by atoms with Gasteiger partial charge in [0.05, 0.1) is 5.35 Å². The predicted molar refractivity (Wildman–Crippen MR) is 141 cm³/mol. The molecule has 0 radical (unpaired) electrons. The Hall–Kier alpha value is -3.36. The van der Waals surface area contributed by atoms with Crippen molar-refractivity contribution in [2.24, 2.45) is 10.6 Å². The Morgan fingerprint density at radius 1 is 1.26 bits per heavy atom. The Balaban J connectivity index is 2.10. The number of aromatic nitrogens is 3. The SMILES string of the molecule is C=C/C=c1\c(=C)nc(N)c2nc(CCCC)n(OCCCCC(=O)N/C(=N/O)C(C)(C)CCC)c12. The van der Waals surface area contributed by atoms with Crippen molar-refractivity contribution < 1.29 is 14.8 Å². The maximum absolute atomic E-state index is 12.4. The average Bonchev–Trinajstić information content (AvgIpc) is 3.17. The molecule has 0 saturated carbocycles. The minimum atomic E-state index is -0.399. The third kappa shape index (κ3) is 7.07. The summed E-state index contributed by atoms with van der Waals surface area (Å²) in [6.07, 6.45) is 9.52. The Labute approximate surface area is 207 Å². The van der Waals surface area contributed by atoms with Gasteiger partial charge in [0.15, 0.2) is 11.7 Å². The molecule has 2 heterocycles. The molecule has 1 amide bonds. The van der Waals surface area contributed by atoms with E-state index in [4.69, 9.17) is 15.6 Å². The normalized spacial score (nSPS) is 12.8. The zero-order valence-corrected chi connectivity index (χ0v) is 21.6. The van der Waals surface area contributed by atoms with E-state index in [0.717, 1.165) is 48.7 Å². The first kappa shape index (κ1) is 27.9. The van der Waals surface area contributed by atoms with Gasteiger partial charge in [-0.15, -0.1) is 0 Å². The van der Waals surface area contributed by atoms with Gasteiger partial charge < -0.3 is 21.1 Å². The van der Waals surface area contributed by atoms with Gasteiger partial charge in [-0.05, 0) is 25.7 Å². The molecule has 35 heavy (non-hydrogen) atoms. The molecule has 4 N–H and O–H groups in total. The summed E-state index contributed by atoms with van der Waals surface area (Å²) in [5, 5.41) is 16.7. The first-order valence-electron chi connectivity index (χ1n) is 12.3. The van der Waals surface area contributed by atoms with Gasteiger partial charge in [-0.2, -0.15) is 4.73 Å². The largest absolute Gasteiger partial charge is 0.412 e. The number of allylic oxidation sites excluding steroid dienone is 1. The van der Waals surface area contributed by atoms with Crippen molar-refractivity contribution in [1.29, 1.82) is 0 Å². The zero-order valence-electron chi connectivity index (χ0n) is 21.6. The van der Waals surface area contributed by atoms with Gasteiger partial charge >= 0.3 is 0 Å². The molecule has 2 rings (SSSR count). The number of nitrogens with zero attached hydrogens (tertiary/aromatic N) is 4.